The summed E-state index contributed by atoms with van der Waals surface area (Å²) in [5.74, 6) is 0. The second-order valence-electron chi connectivity index (χ2n) is 12.5. The van der Waals surface area contributed by atoms with Gasteiger partial charge < -0.3 is 9.32 Å². The van der Waals surface area contributed by atoms with E-state index >= 15 is 0 Å². The SMILES string of the molecule is c1ccc2c(-c3ccc(N(c4ccc5c(ccc6ccc7ccccc7c65)c4)c4ccc5oc6ccccc6c5c4)cc3)cccc2c1. The highest BCUT2D eigenvalue weighted by molar-refractivity contribution is 6.20. The summed E-state index contributed by atoms with van der Waals surface area (Å²) in [7, 11) is 0. The van der Waals surface area contributed by atoms with Crippen LogP contribution in [0, 0.1) is 0 Å². The molecule has 2 nitrogen and oxygen atoms in total. The number of nitrogens with zero attached hydrogens (tertiary/aromatic N) is 1. The third-order valence-corrected chi connectivity index (χ3v) is 9.81. The van der Waals surface area contributed by atoms with E-state index in [-0.39, 0.29) is 0 Å². The van der Waals surface area contributed by atoms with Crippen molar-refractivity contribution in [2.75, 3.05) is 4.90 Å². The fourth-order valence-corrected chi connectivity index (χ4v) is 7.53. The van der Waals surface area contributed by atoms with Crippen molar-refractivity contribution in [2.45, 2.75) is 0 Å². The molecule has 0 fully saturated rings. The van der Waals surface area contributed by atoms with Crippen LogP contribution in [0.3, 0.4) is 0 Å². The molecule has 0 aliphatic carbocycles. The number of fused-ring (bicyclic) bond motifs is 9. The summed E-state index contributed by atoms with van der Waals surface area (Å²) in [6.45, 7) is 0. The molecule has 0 aliphatic rings. The number of hydrogen-bond acceptors (Lipinski definition) is 2. The number of hydrogen-bond donors (Lipinski definition) is 0. The first-order valence-corrected chi connectivity index (χ1v) is 16.4. The molecule has 1 aromatic heterocycles. The van der Waals surface area contributed by atoms with Crippen molar-refractivity contribution in [3.8, 4) is 11.1 Å². The predicted molar refractivity (Wildman–Crippen MR) is 204 cm³/mol. The van der Waals surface area contributed by atoms with Gasteiger partial charge in [0.1, 0.15) is 11.2 Å². The van der Waals surface area contributed by atoms with Crippen LogP contribution in [0.1, 0.15) is 0 Å². The number of furan rings is 1. The van der Waals surface area contributed by atoms with E-state index in [9.17, 15) is 0 Å². The molecule has 1 heterocycles. The van der Waals surface area contributed by atoms with E-state index in [2.05, 4.69) is 169 Å². The van der Waals surface area contributed by atoms with Gasteiger partial charge >= 0.3 is 0 Å². The lowest BCUT2D eigenvalue weighted by atomic mass is 9.96. The van der Waals surface area contributed by atoms with Crippen LogP contribution >= 0.6 is 0 Å². The predicted octanol–water partition coefficient (Wildman–Crippen LogP) is 13.3. The van der Waals surface area contributed by atoms with Gasteiger partial charge in [-0.2, -0.15) is 0 Å². The minimum absolute atomic E-state index is 0.892. The average Bonchev–Trinajstić information content (AvgIpc) is 3.53. The van der Waals surface area contributed by atoms with Crippen molar-refractivity contribution >= 4 is 82.1 Å². The lowest BCUT2D eigenvalue weighted by Crippen LogP contribution is -2.09. The Kier molecular flexibility index (Phi) is 5.91. The van der Waals surface area contributed by atoms with Gasteiger partial charge in [-0.15, -0.1) is 0 Å². The first-order valence-electron chi connectivity index (χ1n) is 16.4. The number of para-hydroxylation sites is 1. The topological polar surface area (TPSA) is 16.4 Å². The lowest BCUT2D eigenvalue weighted by molar-refractivity contribution is 0.669. The third kappa shape index (κ3) is 4.20. The van der Waals surface area contributed by atoms with Gasteiger partial charge in [0.2, 0.25) is 0 Å². The first kappa shape index (κ1) is 26.8. The van der Waals surface area contributed by atoms with E-state index in [0.29, 0.717) is 0 Å². The van der Waals surface area contributed by atoms with Gasteiger partial charge in [-0.25, -0.2) is 0 Å². The maximum Gasteiger partial charge on any atom is 0.135 e. The van der Waals surface area contributed by atoms with Gasteiger partial charge in [0, 0.05) is 27.8 Å². The molecule has 0 bridgehead atoms. The molecule has 0 N–H and O–H groups in total. The minimum Gasteiger partial charge on any atom is -0.456 e. The summed E-state index contributed by atoms with van der Waals surface area (Å²) in [5, 5.41) is 12.3. The zero-order valence-electron chi connectivity index (χ0n) is 26.1. The highest BCUT2D eigenvalue weighted by atomic mass is 16.3. The molecular weight excluding hydrogens is 583 g/mol. The van der Waals surface area contributed by atoms with Gasteiger partial charge in [-0.1, -0.05) is 127 Å². The zero-order valence-corrected chi connectivity index (χ0v) is 26.1. The van der Waals surface area contributed by atoms with Crippen LogP contribution in [0.5, 0.6) is 0 Å². The molecule has 48 heavy (non-hydrogen) atoms. The zero-order chi connectivity index (χ0) is 31.6. The summed E-state index contributed by atoms with van der Waals surface area (Å²) >= 11 is 0. The van der Waals surface area contributed by atoms with Gasteiger partial charge in [-0.05, 0) is 103 Å². The fraction of sp³-hybridized carbons (Fsp3) is 0. The van der Waals surface area contributed by atoms with Crippen LogP contribution < -0.4 is 4.90 Å². The highest BCUT2D eigenvalue weighted by Gasteiger charge is 2.17. The van der Waals surface area contributed by atoms with E-state index < -0.39 is 0 Å². The molecule has 0 atom stereocenters. The van der Waals surface area contributed by atoms with Crippen LogP contribution in [0.4, 0.5) is 17.1 Å². The number of rotatable bonds is 4. The molecule has 10 aromatic rings. The smallest absolute Gasteiger partial charge is 0.135 e. The van der Waals surface area contributed by atoms with Crippen LogP contribution in [0.25, 0.3) is 76.2 Å². The van der Waals surface area contributed by atoms with E-state index in [1.165, 1.54) is 54.2 Å². The van der Waals surface area contributed by atoms with E-state index in [1.54, 1.807) is 0 Å². The Hall–Kier alpha value is -6.38. The maximum atomic E-state index is 6.21. The quantitative estimate of drug-likeness (QED) is 0.184. The van der Waals surface area contributed by atoms with Crippen molar-refractivity contribution in [1.29, 1.82) is 0 Å². The van der Waals surface area contributed by atoms with Gasteiger partial charge in [0.15, 0.2) is 0 Å². The Labute approximate surface area is 277 Å². The summed E-state index contributed by atoms with van der Waals surface area (Å²) < 4.78 is 6.21. The molecule has 0 saturated heterocycles. The van der Waals surface area contributed by atoms with Gasteiger partial charge in [0.05, 0.1) is 0 Å². The molecule has 2 heteroatoms. The standard InChI is InChI=1S/C46H29NO/c1-3-11-38-30(8-1)10-7-14-39(38)32-20-22-35(23-21-32)47(37-25-27-45-43(29-37)42-13-5-6-15-44(42)48-45)36-24-26-41-34(28-36)19-18-33-17-16-31-9-2-4-12-40(31)46(33)41/h1-29H. The van der Waals surface area contributed by atoms with E-state index in [4.69, 9.17) is 4.42 Å². The molecule has 10 rings (SSSR count). The van der Waals surface area contributed by atoms with Crippen molar-refractivity contribution < 1.29 is 4.42 Å². The summed E-state index contributed by atoms with van der Waals surface area (Å²) in [6.07, 6.45) is 0. The molecule has 224 valence electrons. The maximum absolute atomic E-state index is 6.21. The molecule has 0 unspecified atom stereocenters. The van der Waals surface area contributed by atoms with Crippen molar-refractivity contribution in [3.05, 3.63) is 176 Å². The van der Waals surface area contributed by atoms with Gasteiger partial charge in [0.25, 0.3) is 0 Å². The van der Waals surface area contributed by atoms with Crippen LogP contribution in [-0.2, 0) is 0 Å². The van der Waals surface area contributed by atoms with Crippen LogP contribution in [0.15, 0.2) is 180 Å². The molecule has 0 aliphatic heterocycles. The normalized spacial score (nSPS) is 11.8. The molecule has 0 spiro atoms. The Bertz CT molecular complexity index is 2840. The van der Waals surface area contributed by atoms with Gasteiger partial charge in [-0.3, -0.25) is 0 Å². The Balaban J connectivity index is 1.17. The summed E-state index contributed by atoms with van der Waals surface area (Å²) in [4.78, 5) is 2.36. The first-order chi connectivity index (χ1) is 23.8. The van der Waals surface area contributed by atoms with Crippen LogP contribution in [-0.4, -0.2) is 0 Å². The average molecular weight is 612 g/mol. The highest BCUT2D eigenvalue weighted by Crippen LogP contribution is 2.42. The molecule has 9 aromatic carbocycles. The van der Waals surface area contributed by atoms with Crippen molar-refractivity contribution in [3.63, 3.8) is 0 Å². The van der Waals surface area contributed by atoms with Crippen molar-refractivity contribution in [2.24, 2.45) is 0 Å². The lowest BCUT2D eigenvalue weighted by Gasteiger charge is -2.26. The molecular formula is C46H29NO. The molecule has 0 saturated carbocycles. The number of anilines is 3. The second-order valence-corrected chi connectivity index (χ2v) is 12.5. The summed E-state index contributed by atoms with van der Waals surface area (Å²) in [6, 6.07) is 63.4. The van der Waals surface area contributed by atoms with E-state index in [1.807, 2.05) is 12.1 Å². The van der Waals surface area contributed by atoms with Crippen molar-refractivity contribution in [1.82, 2.24) is 0 Å². The fourth-order valence-electron chi connectivity index (χ4n) is 7.53. The molecule has 0 radical (unpaired) electrons. The molecule has 0 amide bonds. The van der Waals surface area contributed by atoms with Crippen LogP contribution in [0.2, 0.25) is 0 Å². The second kappa shape index (κ2) is 10.6. The van der Waals surface area contributed by atoms with E-state index in [0.717, 1.165) is 39.0 Å². The Morgan fingerprint density at radius 3 is 1.77 bits per heavy atom. The minimum atomic E-state index is 0.892. The third-order valence-electron chi connectivity index (χ3n) is 9.81. The Morgan fingerprint density at radius 2 is 0.917 bits per heavy atom. The monoisotopic (exact) mass is 611 g/mol. The summed E-state index contributed by atoms with van der Waals surface area (Å²) in [5.41, 5.74) is 7.51. The number of benzene rings is 9. The largest absolute Gasteiger partial charge is 0.456 e. The Morgan fingerprint density at radius 1 is 0.333 bits per heavy atom.